The summed E-state index contributed by atoms with van der Waals surface area (Å²) in [5, 5.41) is 8.98. The van der Waals surface area contributed by atoms with E-state index in [4.69, 9.17) is 20.5 Å². The Morgan fingerprint density at radius 1 is 1.50 bits per heavy atom. The molecule has 1 saturated heterocycles. The van der Waals surface area contributed by atoms with Gasteiger partial charge in [0.15, 0.2) is 0 Å². The minimum atomic E-state index is -0.761. The van der Waals surface area contributed by atoms with Crippen LogP contribution >= 0.6 is 0 Å². The topological polar surface area (TPSA) is 68.3 Å². The molecule has 1 saturated carbocycles. The summed E-state index contributed by atoms with van der Waals surface area (Å²) < 4.78 is 10.8. The maximum atomic E-state index is 8.98. The highest BCUT2D eigenvalue weighted by Crippen LogP contribution is 2.38. The third kappa shape index (κ3) is 2.06. The predicted molar refractivity (Wildman–Crippen MR) is 50.4 cm³/mol. The van der Waals surface area contributed by atoms with E-state index in [1.54, 1.807) is 0 Å². The summed E-state index contributed by atoms with van der Waals surface area (Å²) >= 11 is 0. The molecule has 0 aromatic rings. The second-order valence-electron chi connectivity index (χ2n) is 4.22. The van der Waals surface area contributed by atoms with Crippen LogP contribution in [0.1, 0.15) is 19.3 Å². The van der Waals surface area contributed by atoms with Crippen LogP contribution in [0.5, 0.6) is 0 Å². The first-order valence-corrected chi connectivity index (χ1v) is 5.14. The molecule has 0 aromatic carbocycles. The van der Waals surface area contributed by atoms with Gasteiger partial charge in [-0.2, -0.15) is 5.26 Å². The summed E-state index contributed by atoms with van der Waals surface area (Å²) in [6, 6.07) is 2.18. The maximum absolute atomic E-state index is 8.98. The minimum absolute atomic E-state index is 0.144. The van der Waals surface area contributed by atoms with Gasteiger partial charge in [-0.3, -0.25) is 0 Å². The first-order valence-electron chi connectivity index (χ1n) is 5.14. The average Bonchev–Trinajstić information content (AvgIpc) is 2.94. The lowest BCUT2D eigenvalue weighted by atomic mass is 9.98. The molecule has 2 aliphatic rings. The molecule has 1 aliphatic carbocycles. The van der Waals surface area contributed by atoms with E-state index in [1.165, 1.54) is 0 Å². The Morgan fingerprint density at radius 3 is 2.79 bits per heavy atom. The Bertz CT molecular complexity index is 241. The van der Waals surface area contributed by atoms with Crippen LogP contribution in [0.25, 0.3) is 0 Å². The molecule has 2 N–H and O–H groups in total. The molecule has 0 radical (unpaired) electrons. The first kappa shape index (κ1) is 9.91. The largest absolute Gasteiger partial charge is 0.379 e. The van der Waals surface area contributed by atoms with E-state index < -0.39 is 5.54 Å². The van der Waals surface area contributed by atoms with Gasteiger partial charge in [-0.15, -0.1) is 0 Å². The van der Waals surface area contributed by atoms with E-state index in [0.717, 1.165) is 25.9 Å². The molecule has 4 nitrogen and oxygen atoms in total. The third-order valence-corrected chi connectivity index (χ3v) is 2.96. The lowest BCUT2D eigenvalue weighted by Gasteiger charge is -2.22. The number of rotatable bonds is 4. The molecule has 2 unspecified atom stereocenters. The minimum Gasteiger partial charge on any atom is -0.379 e. The molecule has 0 amide bonds. The van der Waals surface area contributed by atoms with Gasteiger partial charge >= 0.3 is 0 Å². The van der Waals surface area contributed by atoms with Crippen LogP contribution in [0.15, 0.2) is 0 Å². The Morgan fingerprint density at radius 2 is 2.29 bits per heavy atom. The quantitative estimate of drug-likeness (QED) is 0.707. The van der Waals surface area contributed by atoms with Crippen molar-refractivity contribution in [2.75, 3.05) is 19.8 Å². The summed E-state index contributed by atoms with van der Waals surface area (Å²) in [5.41, 5.74) is 5.19. The summed E-state index contributed by atoms with van der Waals surface area (Å²) in [7, 11) is 0. The van der Waals surface area contributed by atoms with Crippen LogP contribution in [0.2, 0.25) is 0 Å². The smallest absolute Gasteiger partial charge is 0.130 e. The number of hydrogen-bond donors (Lipinski definition) is 1. The Kier molecular flexibility index (Phi) is 2.73. The maximum Gasteiger partial charge on any atom is 0.130 e. The fraction of sp³-hybridized carbons (Fsp3) is 0.900. The van der Waals surface area contributed by atoms with Crippen LogP contribution in [0.3, 0.4) is 0 Å². The van der Waals surface area contributed by atoms with Crippen molar-refractivity contribution < 1.29 is 9.47 Å². The zero-order valence-electron chi connectivity index (χ0n) is 8.24. The molecule has 1 heterocycles. The molecule has 4 heteroatoms. The zero-order valence-corrected chi connectivity index (χ0v) is 8.24. The van der Waals surface area contributed by atoms with Crippen LogP contribution in [0, 0.1) is 17.2 Å². The van der Waals surface area contributed by atoms with Gasteiger partial charge < -0.3 is 15.2 Å². The van der Waals surface area contributed by atoms with E-state index in [2.05, 4.69) is 6.07 Å². The van der Waals surface area contributed by atoms with Crippen molar-refractivity contribution in [1.82, 2.24) is 0 Å². The van der Waals surface area contributed by atoms with Crippen LogP contribution in [-0.4, -0.2) is 31.5 Å². The van der Waals surface area contributed by atoms with Crippen molar-refractivity contribution in [1.29, 1.82) is 5.26 Å². The monoisotopic (exact) mass is 196 g/mol. The van der Waals surface area contributed by atoms with Crippen molar-refractivity contribution in [3.63, 3.8) is 0 Å². The molecule has 14 heavy (non-hydrogen) atoms. The molecule has 2 atom stereocenters. The molecule has 0 aromatic heterocycles. The second-order valence-corrected chi connectivity index (χ2v) is 4.22. The van der Waals surface area contributed by atoms with E-state index in [9.17, 15) is 0 Å². The highest BCUT2D eigenvalue weighted by molar-refractivity contribution is 5.13. The second kappa shape index (κ2) is 3.85. The van der Waals surface area contributed by atoms with Gasteiger partial charge in [0, 0.05) is 6.61 Å². The predicted octanol–water partition coefficient (Wildman–Crippen LogP) is 0.423. The summed E-state index contributed by atoms with van der Waals surface area (Å²) in [5.74, 6) is 0.342. The SMILES string of the molecule is N#CC(N)(COC1CCOC1)C1CC1. The van der Waals surface area contributed by atoms with Crippen molar-refractivity contribution in [3.05, 3.63) is 0 Å². The Labute approximate surface area is 84.0 Å². The van der Waals surface area contributed by atoms with E-state index in [0.29, 0.717) is 19.1 Å². The molecule has 2 rings (SSSR count). The number of hydrogen-bond acceptors (Lipinski definition) is 4. The van der Waals surface area contributed by atoms with Crippen molar-refractivity contribution in [2.45, 2.75) is 30.9 Å². The highest BCUT2D eigenvalue weighted by atomic mass is 16.5. The molecule has 78 valence electrons. The molecule has 1 aliphatic heterocycles. The highest BCUT2D eigenvalue weighted by Gasteiger charge is 2.43. The molecule has 2 fully saturated rings. The lowest BCUT2D eigenvalue weighted by molar-refractivity contribution is 0.0203. The van der Waals surface area contributed by atoms with E-state index in [1.807, 2.05) is 0 Å². The average molecular weight is 196 g/mol. The third-order valence-electron chi connectivity index (χ3n) is 2.96. The van der Waals surface area contributed by atoms with Crippen molar-refractivity contribution >= 4 is 0 Å². The van der Waals surface area contributed by atoms with Crippen molar-refractivity contribution in [2.24, 2.45) is 11.7 Å². The molecular formula is C10H16N2O2. The first-order chi connectivity index (χ1) is 6.74. The van der Waals surface area contributed by atoms with Gasteiger partial charge in [0.05, 0.1) is 25.4 Å². The zero-order chi connectivity index (χ0) is 10.0. The number of nitrogens with two attached hydrogens (primary N) is 1. The van der Waals surface area contributed by atoms with Gasteiger partial charge in [-0.25, -0.2) is 0 Å². The van der Waals surface area contributed by atoms with Crippen LogP contribution in [0.4, 0.5) is 0 Å². The van der Waals surface area contributed by atoms with E-state index >= 15 is 0 Å². The van der Waals surface area contributed by atoms with Crippen LogP contribution in [-0.2, 0) is 9.47 Å². The molecule has 0 spiro atoms. The van der Waals surface area contributed by atoms with Gasteiger partial charge in [0.25, 0.3) is 0 Å². The number of nitriles is 1. The Hall–Kier alpha value is -0.630. The fourth-order valence-electron chi connectivity index (χ4n) is 1.74. The van der Waals surface area contributed by atoms with Gasteiger partial charge in [0.1, 0.15) is 5.54 Å². The fourth-order valence-corrected chi connectivity index (χ4v) is 1.74. The van der Waals surface area contributed by atoms with Gasteiger partial charge in [-0.1, -0.05) is 0 Å². The van der Waals surface area contributed by atoms with Crippen LogP contribution < -0.4 is 5.73 Å². The summed E-state index contributed by atoms with van der Waals surface area (Å²) in [6.45, 7) is 1.76. The Balaban J connectivity index is 1.80. The van der Waals surface area contributed by atoms with Gasteiger partial charge in [-0.05, 0) is 25.2 Å². The lowest BCUT2D eigenvalue weighted by Crippen LogP contribution is -2.46. The summed E-state index contributed by atoms with van der Waals surface area (Å²) in [4.78, 5) is 0. The van der Waals surface area contributed by atoms with Gasteiger partial charge in [0.2, 0.25) is 0 Å². The standard InChI is InChI=1S/C10H16N2O2/c11-6-10(12,8-1-2-8)7-14-9-3-4-13-5-9/h8-9H,1-5,7,12H2. The molecular weight excluding hydrogens is 180 g/mol. The van der Waals surface area contributed by atoms with Crippen molar-refractivity contribution in [3.8, 4) is 6.07 Å². The van der Waals surface area contributed by atoms with E-state index in [-0.39, 0.29) is 6.10 Å². The number of ether oxygens (including phenoxy) is 2. The molecule has 0 bridgehead atoms. The number of nitrogens with zero attached hydrogens (tertiary/aromatic N) is 1. The summed E-state index contributed by atoms with van der Waals surface area (Å²) in [6.07, 6.45) is 3.19. The normalized spacial score (nSPS) is 31.0.